The summed E-state index contributed by atoms with van der Waals surface area (Å²) >= 11 is 6.18. The van der Waals surface area contributed by atoms with Crippen molar-refractivity contribution in [2.75, 3.05) is 10.5 Å². The Labute approximate surface area is 154 Å². The Morgan fingerprint density at radius 2 is 2.08 bits per heavy atom. The standard InChI is InChI=1S/C15H15ClFN5O3S/c1-2-5-26(24,25)22-10-7-8(17)6-9(11(10)16)14(23)12-13-15(21-20-12)19-4-3-18-13/h3-4,6-7,13,15,21-22H,2,5H2,1H3. The second kappa shape index (κ2) is 7.12. The SMILES string of the molecule is CCCS(=O)(=O)Nc1cc(F)cc(C(=O)C2=NNC3N=CC=NC23)c1Cl. The number of benzene rings is 1. The summed E-state index contributed by atoms with van der Waals surface area (Å²) in [5.41, 5.74) is 2.30. The Hall–Kier alpha value is -2.33. The number of aliphatic imine (C=N–C) groups is 2. The number of nitrogens with one attached hydrogen (secondary N) is 2. The monoisotopic (exact) mass is 399 g/mol. The molecule has 0 bridgehead atoms. The van der Waals surface area contributed by atoms with Gasteiger partial charge in [-0.05, 0) is 18.6 Å². The molecular formula is C15H15ClFN5O3S. The van der Waals surface area contributed by atoms with Crippen LogP contribution in [0.5, 0.6) is 0 Å². The lowest BCUT2D eigenvalue weighted by molar-refractivity contribution is 0.106. The van der Waals surface area contributed by atoms with E-state index in [1.807, 2.05) is 0 Å². The summed E-state index contributed by atoms with van der Waals surface area (Å²) in [4.78, 5) is 21.0. The quantitative estimate of drug-likeness (QED) is 0.707. The van der Waals surface area contributed by atoms with Crippen LogP contribution in [0.1, 0.15) is 23.7 Å². The number of sulfonamides is 1. The number of fused-ring (bicyclic) bond motifs is 1. The molecule has 11 heteroatoms. The molecule has 2 atom stereocenters. The molecule has 2 aliphatic rings. The molecule has 26 heavy (non-hydrogen) atoms. The van der Waals surface area contributed by atoms with Crippen LogP contribution in [-0.4, -0.2) is 50.3 Å². The lowest BCUT2D eigenvalue weighted by Gasteiger charge is -2.16. The van der Waals surface area contributed by atoms with Crippen molar-refractivity contribution in [3.05, 3.63) is 28.5 Å². The number of hydrazone groups is 1. The van der Waals surface area contributed by atoms with Gasteiger partial charge in [0.15, 0.2) is 6.17 Å². The van der Waals surface area contributed by atoms with Crippen LogP contribution in [0.15, 0.2) is 27.2 Å². The Morgan fingerprint density at radius 3 is 2.81 bits per heavy atom. The van der Waals surface area contributed by atoms with E-state index in [0.717, 1.165) is 12.1 Å². The molecule has 0 aromatic heterocycles. The smallest absolute Gasteiger partial charge is 0.232 e. The van der Waals surface area contributed by atoms with E-state index in [-0.39, 0.29) is 27.7 Å². The summed E-state index contributed by atoms with van der Waals surface area (Å²) in [7, 11) is -3.70. The van der Waals surface area contributed by atoms with Gasteiger partial charge >= 0.3 is 0 Å². The lowest BCUT2D eigenvalue weighted by atomic mass is 10.00. The van der Waals surface area contributed by atoms with Crippen molar-refractivity contribution in [2.24, 2.45) is 15.1 Å². The number of carbonyl (C=O) groups is 1. The zero-order valence-electron chi connectivity index (χ0n) is 13.6. The highest BCUT2D eigenvalue weighted by atomic mass is 35.5. The molecule has 3 rings (SSSR count). The van der Waals surface area contributed by atoms with E-state index < -0.39 is 33.8 Å². The average Bonchev–Trinajstić information content (AvgIpc) is 3.01. The fourth-order valence-corrected chi connectivity index (χ4v) is 4.02. The van der Waals surface area contributed by atoms with E-state index >= 15 is 0 Å². The van der Waals surface area contributed by atoms with Gasteiger partial charge in [0.25, 0.3) is 0 Å². The van der Waals surface area contributed by atoms with Gasteiger partial charge in [0, 0.05) is 18.0 Å². The van der Waals surface area contributed by atoms with Crippen molar-refractivity contribution >= 4 is 51.2 Å². The molecule has 0 amide bonds. The number of hydrogen-bond acceptors (Lipinski definition) is 7. The number of anilines is 1. The van der Waals surface area contributed by atoms with Crippen LogP contribution >= 0.6 is 11.6 Å². The number of halogens is 2. The second-order valence-electron chi connectivity index (χ2n) is 5.68. The zero-order chi connectivity index (χ0) is 18.9. The van der Waals surface area contributed by atoms with Gasteiger partial charge < -0.3 is 0 Å². The molecule has 0 saturated carbocycles. The van der Waals surface area contributed by atoms with Gasteiger partial charge in [-0.15, -0.1) is 0 Å². The topological polar surface area (TPSA) is 112 Å². The minimum absolute atomic E-state index is 0.0259. The van der Waals surface area contributed by atoms with Crippen LogP contribution < -0.4 is 10.1 Å². The molecule has 2 unspecified atom stereocenters. The molecule has 0 fully saturated rings. The largest absolute Gasteiger partial charge is 0.287 e. The van der Waals surface area contributed by atoms with Gasteiger partial charge in [-0.2, -0.15) is 5.10 Å². The number of rotatable bonds is 6. The van der Waals surface area contributed by atoms with Crippen LogP contribution in [0.4, 0.5) is 10.1 Å². The van der Waals surface area contributed by atoms with E-state index in [0.29, 0.717) is 6.42 Å². The van der Waals surface area contributed by atoms with E-state index in [1.54, 1.807) is 6.92 Å². The van der Waals surface area contributed by atoms with E-state index in [1.165, 1.54) is 12.4 Å². The maximum absolute atomic E-state index is 14.0. The Bertz CT molecular complexity index is 945. The summed E-state index contributed by atoms with van der Waals surface area (Å²) in [5, 5.41) is 3.73. The second-order valence-corrected chi connectivity index (χ2v) is 7.90. The third-order valence-corrected chi connectivity index (χ3v) is 5.59. The molecule has 8 nitrogen and oxygen atoms in total. The molecule has 2 N–H and O–H groups in total. The Kier molecular flexibility index (Phi) is 5.05. The van der Waals surface area contributed by atoms with Gasteiger partial charge in [0.1, 0.15) is 17.6 Å². The van der Waals surface area contributed by atoms with E-state index in [4.69, 9.17) is 11.6 Å². The number of nitrogens with zero attached hydrogens (tertiary/aromatic N) is 3. The summed E-state index contributed by atoms with van der Waals surface area (Å²) in [6.07, 6.45) is 2.79. The summed E-state index contributed by atoms with van der Waals surface area (Å²) in [6.45, 7) is 1.69. The van der Waals surface area contributed by atoms with Crippen molar-refractivity contribution in [1.82, 2.24) is 5.43 Å². The van der Waals surface area contributed by atoms with Gasteiger partial charge in [-0.1, -0.05) is 18.5 Å². The molecule has 2 aliphatic heterocycles. The Balaban J connectivity index is 1.94. The first-order chi connectivity index (χ1) is 12.3. The third-order valence-electron chi connectivity index (χ3n) is 3.71. The molecule has 2 heterocycles. The molecule has 1 aromatic rings. The lowest BCUT2D eigenvalue weighted by Crippen LogP contribution is -2.36. The number of Topliss-reactive ketones (excluding diaryl/α,β-unsaturated/α-hetero) is 1. The van der Waals surface area contributed by atoms with Crippen molar-refractivity contribution in [1.29, 1.82) is 0 Å². The molecule has 0 aliphatic carbocycles. The van der Waals surface area contributed by atoms with Crippen LogP contribution in [0.2, 0.25) is 5.02 Å². The first-order valence-corrected chi connectivity index (χ1v) is 9.77. The predicted octanol–water partition coefficient (Wildman–Crippen LogP) is 1.62. The van der Waals surface area contributed by atoms with Gasteiger partial charge in [-0.3, -0.25) is 24.9 Å². The molecule has 0 radical (unpaired) electrons. The van der Waals surface area contributed by atoms with Crippen LogP contribution in [0.3, 0.4) is 0 Å². The first kappa shape index (κ1) is 18.5. The number of ketones is 1. The Morgan fingerprint density at radius 1 is 1.35 bits per heavy atom. The molecule has 0 saturated heterocycles. The fraction of sp³-hybridized carbons (Fsp3) is 0.333. The van der Waals surface area contributed by atoms with Crippen LogP contribution in [-0.2, 0) is 10.0 Å². The number of hydrogen-bond donors (Lipinski definition) is 2. The molecular weight excluding hydrogens is 385 g/mol. The minimum atomic E-state index is -3.70. The molecule has 138 valence electrons. The van der Waals surface area contributed by atoms with Gasteiger partial charge in [-0.25, -0.2) is 12.8 Å². The fourth-order valence-electron chi connectivity index (χ4n) is 2.59. The highest BCUT2D eigenvalue weighted by Gasteiger charge is 2.37. The maximum Gasteiger partial charge on any atom is 0.232 e. The first-order valence-electron chi connectivity index (χ1n) is 7.74. The van der Waals surface area contributed by atoms with Gasteiger partial charge in [0.2, 0.25) is 15.8 Å². The highest BCUT2D eigenvalue weighted by molar-refractivity contribution is 7.92. The van der Waals surface area contributed by atoms with E-state index in [9.17, 15) is 17.6 Å². The summed E-state index contributed by atoms with van der Waals surface area (Å²) < 4.78 is 40.1. The van der Waals surface area contributed by atoms with Gasteiger partial charge in [0.05, 0.1) is 16.5 Å². The third kappa shape index (κ3) is 3.61. The predicted molar refractivity (Wildman–Crippen MR) is 98.6 cm³/mol. The average molecular weight is 400 g/mol. The minimum Gasteiger partial charge on any atom is -0.287 e. The normalized spacial score (nSPS) is 21.1. The number of carbonyl (C=O) groups excluding carboxylic acids is 1. The van der Waals surface area contributed by atoms with Crippen molar-refractivity contribution in [2.45, 2.75) is 25.6 Å². The van der Waals surface area contributed by atoms with Crippen molar-refractivity contribution < 1.29 is 17.6 Å². The summed E-state index contributed by atoms with van der Waals surface area (Å²) in [6, 6.07) is 1.22. The van der Waals surface area contributed by atoms with Crippen LogP contribution in [0, 0.1) is 5.82 Å². The van der Waals surface area contributed by atoms with Crippen molar-refractivity contribution in [3.8, 4) is 0 Å². The molecule has 1 aromatic carbocycles. The van der Waals surface area contributed by atoms with Crippen molar-refractivity contribution in [3.63, 3.8) is 0 Å². The molecule has 0 spiro atoms. The maximum atomic E-state index is 14.0. The highest BCUT2D eigenvalue weighted by Crippen LogP contribution is 2.30. The van der Waals surface area contributed by atoms with Crippen LogP contribution in [0.25, 0.3) is 0 Å². The van der Waals surface area contributed by atoms with E-state index in [2.05, 4.69) is 25.2 Å². The zero-order valence-corrected chi connectivity index (χ0v) is 15.2. The summed E-state index contributed by atoms with van der Waals surface area (Å²) in [5.74, 6) is -1.61.